The van der Waals surface area contributed by atoms with E-state index in [4.69, 9.17) is 4.74 Å². The number of carbonyl (C=O) groups excluding carboxylic acids is 2. The summed E-state index contributed by atoms with van der Waals surface area (Å²) >= 11 is 0. The van der Waals surface area contributed by atoms with Gasteiger partial charge in [-0.05, 0) is 49.8 Å². The number of amides is 1. The molecule has 3 rings (SSSR count). The highest BCUT2D eigenvalue weighted by atomic mass is 19.4. The van der Waals surface area contributed by atoms with E-state index in [0.717, 1.165) is 50.9 Å². The van der Waals surface area contributed by atoms with E-state index in [1.54, 1.807) is 0 Å². The van der Waals surface area contributed by atoms with Crippen molar-refractivity contribution in [2.45, 2.75) is 38.8 Å². The number of alkyl halides is 3. The van der Waals surface area contributed by atoms with Crippen molar-refractivity contribution < 1.29 is 27.5 Å². The van der Waals surface area contributed by atoms with Gasteiger partial charge >= 0.3 is 12.1 Å². The second-order valence-corrected chi connectivity index (χ2v) is 7.25. The van der Waals surface area contributed by atoms with Crippen LogP contribution in [0.25, 0.3) is 0 Å². The summed E-state index contributed by atoms with van der Waals surface area (Å²) in [7, 11) is 0. The number of hydrogen-bond donors (Lipinski definition) is 1. The van der Waals surface area contributed by atoms with E-state index in [1.165, 1.54) is 6.07 Å². The molecule has 1 saturated carbocycles. The second kappa shape index (κ2) is 7.78. The zero-order valence-electron chi connectivity index (χ0n) is 15.1. The molecule has 0 aromatic heterocycles. The normalized spacial score (nSPS) is 22.3. The molecule has 0 bridgehead atoms. The fourth-order valence-electron chi connectivity index (χ4n) is 3.30. The van der Waals surface area contributed by atoms with Crippen LogP contribution in [0, 0.1) is 11.8 Å². The Morgan fingerprint density at radius 1 is 1.22 bits per heavy atom. The zero-order chi connectivity index (χ0) is 19.6. The minimum Gasteiger partial charge on any atom is -0.455 e. The maximum atomic E-state index is 13.1. The van der Waals surface area contributed by atoms with Gasteiger partial charge in [0, 0.05) is 13.1 Å². The van der Waals surface area contributed by atoms with Crippen molar-refractivity contribution in [2.24, 2.45) is 11.8 Å². The molecule has 1 N–H and O–H groups in total. The number of esters is 1. The molecule has 1 aliphatic heterocycles. The summed E-state index contributed by atoms with van der Waals surface area (Å²) in [6.45, 7) is 2.86. The molecular formula is C19H23F3N2O3. The second-order valence-electron chi connectivity index (χ2n) is 7.25. The third kappa shape index (κ3) is 4.93. The zero-order valence-corrected chi connectivity index (χ0v) is 15.1. The molecule has 2 atom stereocenters. The maximum absolute atomic E-state index is 13.1. The summed E-state index contributed by atoms with van der Waals surface area (Å²) in [6.07, 6.45) is -0.784. The van der Waals surface area contributed by atoms with E-state index in [1.807, 2.05) is 11.8 Å². The number of benzene rings is 1. The predicted molar refractivity (Wildman–Crippen MR) is 94.4 cm³/mol. The lowest BCUT2D eigenvalue weighted by atomic mass is 10.1. The first kappa shape index (κ1) is 19.5. The number of anilines is 2. The van der Waals surface area contributed by atoms with Crippen molar-refractivity contribution in [3.63, 3.8) is 0 Å². The maximum Gasteiger partial charge on any atom is 0.416 e. The lowest BCUT2D eigenvalue weighted by Gasteiger charge is -2.31. The molecule has 2 fully saturated rings. The molecule has 1 aromatic rings. The van der Waals surface area contributed by atoms with Crippen LogP contribution in [-0.4, -0.2) is 31.6 Å². The van der Waals surface area contributed by atoms with Crippen LogP contribution in [-0.2, 0) is 20.5 Å². The van der Waals surface area contributed by atoms with Gasteiger partial charge in [0.05, 0.1) is 22.9 Å². The van der Waals surface area contributed by atoms with E-state index in [-0.39, 0.29) is 17.5 Å². The lowest BCUT2D eigenvalue weighted by Crippen LogP contribution is -2.31. The summed E-state index contributed by atoms with van der Waals surface area (Å²) < 4.78 is 44.2. The van der Waals surface area contributed by atoms with Crippen LogP contribution < -0.4 is 10.2 Å². The highest BCUT2D eigenvalue weighted by Crippen LogP contribution is 2.39. The Kier molecular flexibility index (Phi) is 5.62. The average Bonchev–Trinajstić information content (AvgIpc) is 3.36. The summed E-state index contributed by atoms with van der Waals surface area (Å²) in [6, 6.07) is 3.35. The molecule has 27 heavy (non-hydrogen) atoms. The number of rotatable bonds is 5. The van der Waals surface area contributed by atoms with Gasteiger partial charge in [-0.1, -0.05) is 6.92 Å². The van der Waals surface area contributed by atoms with Crippen molar-refractivity contribution in [3.8, 4) is 0 Å². The summed E-state index contributed by atoms with van der Waals surface area (Å²) in [5, 5.41) is 2.49. The number of nitrogens with one attached hydrogen (secondary N) is 1. The number of halogens is 3. The molecule has 1 aromatic carbocycles. The molecule has 0 radical (unpaired) electrons. The quantitative estimate of drug-likeness (QED) is 0.784. The SMILES string of the molecule is C[C@H]1C[C@H]1C(=O)OCC(=O)Nc1cc(C(F)(F)F)ccc1N1CCCCC1. The monoisotopic (exact) mass is 384 g/mol. The van der Waals surface area contributed by atoms with Crippen LogP contribution in [0.5, 0.6) is 0 Å². The molecule has 1 saturated heterocycles. The van der Waals surface area contributed by atoms with Crippen molar-refractivity contribution >= 4 is 23.3 Å². The molecule has 148 valence electrons. The minimum absolute atomic E-state index is 0.0903. The van der Waals surface area contributed by atoms with Crippen molar-refractivity contribution in [1.29, 1.82) is 0 Å². The Morgan fingerprint density at radius 3 is 2.48 bits per heavy atom. The average molecular weight is 384 g/mol. The number of hydrogen-bond acceptors (Lipinski definition) is 4. The van der Waals surface area contributed by atoms with E-state index < -0.39 is 30.2 Å². The van der Waals surface area contributed by atoms with E-state index in [9.17, 15) is 22.8 Å². The van der Waals surface area contributed by atoms with Gasteiger partial charge in [-0.25, -0.2) is 0 Å². The van der Waals surface area contributed by atoms with Gasteiger partial charge < -0.3 is 15.0 Å². The standard InChI is InChI=1S/C19H23F3N2O3/c1-12-9-14(12)18(26)27-11-17(25)23-15-10-13(19(20,21)22)5-6-16(15)24-7-3-2-4-8-24/h5-6,10,12,14H,2-4,7-9,11H2,1H3,(H,23,25)/t12-,14+/m0/s1. The Balaban J connectivity index is 1.72. The van der Waals surface area contributed by atoms with Gasteiger partial charge in [0.1, 0.15) is 0 Å². The summed E-state index contributed by atoms with van der Waals surface area (Å²) in [5.41, 5.74) is -0.187. The van der Waals surface area contributed by atoms with Crippen LogP contribution in [0.2, 0.25) is 0 Å². The molecule has 5 nitrogen and oxygen atoms in total. The van der Waals surface area contributed by atoms with Crippen LogP contribution in [0.3, 0.4) is 0 Å². The smallest absolute Gasteiger partial charge is 0.416 e. The molecule has 0 spiro atoms. The Labute approximate surface area is 155 Å². The van der Waals surface area contributed by atoms with Gasteiger partial charge in [0.15, 0.2) is 6.61 Å². The molecule has 1 amide bonds. The first-order chi connectivity index (χ1) is 12.8. The fraction of sp³-hybridized carbons (Fsp3) is 0.579. The van der Waals surface area contributed by atoms with Gasteiger partial charge in [-0.15, -0.1) is 0 Å². The Morgan fingerprint density at radius 2 is 1.89 bits per heavy atom. The highest BCUT2D eigenvalue weighted by Gasteiger charge is 2.40. The van der Waals surface area contributed by atoms with Gasteiger partial charge in [-0.3, -0.25) is 9.59 Å². The largest absolute Gasteiger partial charge is 0.455 e. The van der Waals surface area contributed by atoms with Gasteiger partial charge in [0.2, 0.25) is 0 Å². The summed E-state index contributed by atoms with van der Waals surface area (Å²) in [5.74, 6) is -0.989. The van der Waals surface area contributed by atoms with Gasteiger partial charge in [0.25, 0.3) is 5.91 Å². The Bertz CT molecular complexity index is 715. The molecule has 1 heterocycles. The molecular weight excluding hydrogens is 361 g/mol. The number of ether oxygens (including phenoxy) is 1. The first-order valence-electron chi connectivity index (χ1n) is 9.18. The van der Waals surface area contributed by atoms with Gasteiger partial charge in [-0.2, -0.15) is 13.2 Å². The van der Waals surface area contributed by atoms with Crippen LogP contribution in [0.4, 0.5) is 24.5 Å². The van der Waals surface area contributed by atoms with E-state index in [2.05, 4.69) is 5.32 Å². The molecule has 0 unspecified atom stereocenters. The highest BCUT2D eigenvalue weighted by molar-refractivity contribution is 5.96. The first-order valence-corrected chi connectivity index (χ1v) is 9.18. The van der Waals surface area contributed by atoms with Crippen molar-refractivity contribution in [2.75, 3.05) is 29.9 Å². The number of piperidine rings is 1. The topological polar surface area (TPSA) is 58.6 Å². The van der Waals surface area contributed by atoms with Crippen LogP contribution >= 0.6 is 0 Å². The van der Waals surface area contributed by atoms with Crippen LogP contribution in [0.1, 0.15) is 38.2 Å². The summed E-state index contributed by atoms with van der Waals surface area (Å²) in [4.78, 5) is 25.8. The molecule has 1 aliphatic carbocycles. The minimum atomic E-state index is -4.51. The third-order valence-corrected chi connectivity index (χ3v) is 5.05. The van der Waals surface area contributed by atoms with E-state index >= 15 is 0 Å². The van der Waals surface area contributed by atoms with Crippen LogP contribution in [0.15, 0.2) is 18.2 Å². The lowest BCUT2D eigenvalue weighted by molar-refractivity contribution is -0.148. The predicted octanol–water partition coefficient (Wildman–Crippen LogP) is 3.83. The fourth-order valence-corrected chi connectivity index (χ4v) is 3.30. The molecule has 2 aliphatic rings. The van der Waals surface area contributed by atoms with Crippen molar-refractivity contribution in [1.82, 2.24) is 0 Å². The third-order valence-electron chi connectivity index (χ3n) is 5.05. The number of carbonyl (C=O) groups is 2. The molecule has 8 heteroatoms. The Hall–Kier alpha value is -2.25. The van der Waals surface area contributed by atoms with E-state index in [0.29, 0.717) is 5.69 Å². The van der Waals surface area contributed by atoms with Crippen molar-refractivity contribution in [3.05, 3.63) is 23.8 Å². The number of nitrogens with zero attached hydrogens (tertiary/aromatic N) is 1.